The van der Waals surface area contributed by atoms with Gasteiger partial charge in [0, 0.05) is 0 Å². The molecule has 1 aliphatic heterocycles. The fourth-order valence-corrected chi connectivity index (χ4v) is 2.26. The summed E-state index contributed by atoms with van der Waals surface area (Å²) in [5.41, 5.74) is 0. The summed E-state index contributed by atoms with van der Waals surface area (Å²) < 4.78 is 0. The fraction of sp³-hybridized carbons (Fsp3) is 1.00. The first-order valence-electron chi connectivity index (χ1n) is 6.28. The van der Waals surface area contributed by atoms with Crippen molar-refractivity contribution in [3.63, 3.8) is 0 Å². The molecule has 0 unspecified atom stereocenters. The van der Waals surface area contributed by atoms with Crippen LogP contribution in [-0.2, 0) is 0 Å². The van der Waals surface area contributed by atoms with Crippen LogP contribution in [0, 0.1) is 5.92 Å². The SMILES string of the molecule is CN1CCC(CCN(C)C(CO)CO)CC1. The van der Waals surface area contributed by atoms with E-state index in [1.807, 2.05) is 7.05 Å². The third kappa shape index (κ3) is 4.37. The number of aliphatic hydroxyl groups is 2. The van der Waals surface area contributed by atoms with E-state index in [4.69, 9.17) is 10.2 Å². The molecule has 0 aromatic rings. The van der Waals surface area contributed by atoms with Crippen LogP contribution in [0.15, 0.2) is 0 Å². The maximum Gasteiger partial charge on any atom is 0.0609 e. The van der Waals surface area contributed by atoms with Gasteiger partial charge in [0.05, 0.1) is 19.3 Å². The lowest BCUT2D eigenvalue weighted by Gasteiger charge is -2.31. The molecule has 1 heterocycles. The van der Waals surface area contributed by atoms with Crippen LogP contribution < -0.4 is 0 Å². The van der Waals surface area contributed by atoms with Crippen molar-refractivity contribution in [2.45, 2.75) is 25.3 Å². The van der Waals surface area contributed by atoms with Gasteiger partial charge in [0.25, 0.3) is 0 Å². The van der Waals surface area contributed by atoms with Crippen LogP contribution in [-0.4, -0.2) is 73.0 Å². The smallest absolute Gasteiger partial charge is 0.0609 e. The molecule has 16 heavy (non-hydrogen) atoms. The molecule has 1 aliphatic rings. The van der Waals surface area contributed by atoms with E-state index in [0.717, 1.165) is 12.5 Å². The van der Waals surface area contributed by atoms with Crippen molar-refractivity contribution in [3.8, 4) is 0 Å². The number of likely N-dealkylation sites (tertiary alicyclic amines) is 1. The Bertz CT molecular complexity index is 178. The Morgan fingerprint density at radius 3 is 2.31 bits per heavy atom. The molecule has 0 spiro atoms. The molecule has 0 bridgehead atoms. The molecule has 0 saturated carbocycles. The molecule has 0 aromatic carbocycles. The Kier molecular flexibility index (Phi) is 6.28. The topological polar surface area (TPSA) is 46.9 Å². The second-order valence-corrected chi connectivity index (χ2v) is 5.03. The Balaban J connectivity index is 2.18. The number of piperidine rings is 1. The van der Waals surface area contributed by atoms with Crippen molar-refractivity contribution in [1.29, 1.82) is 0 Å². The van der Waals surface area contributed by atoms with Crippen LogP contribution >= 0.6 is 0 Å². The van der Waals surface area contributed by atoms with Gasteiger partial charge < -0.3 is 15.1 Å². The molecule has 0 atom stereocenters. The predicted molar refractivity (Wildman–Crippen MR) is 65.4 cm³/mol. The number of aliphatic hydroxyl groups excluding tert-OH is 2. The Hall–Kier alpha value is -0.160. The molecule has 96 valence electrons. The fourth-order valence-electron chi connectivity index (χ4n) is 2.26. The Labute approximate surface area is 98.9 Å². The molecule has 0 aromatic heterocycles. The molecule has 2 N–H and O–H groups in total. The molecule has 4 nitrogen and oxygen atoms in total. The molecule has 1 rings (SSSR count). The molecular formula is C12H26N2O2. The van der Waals surface area contributed by atoms with Gasteiger partial charge in [-0.3, -0.25) is 4.90 Å². The summed E-state index contributed by atoms with van der Waals surface area (Å²) in [6.45, 7) is 3.47. The zero-order valence-electron chi connectivity index (χ0n) is 10.6. The van der Waals surface area contributed by atoms with Crippen molar-refractivity contribution in [1.82, 2.24) is 9.80 Å². The van der Waals surface area contributed by atoms with E-state index < -0.39 is 0 Å². The number of likely N-dealkylation sites (N-methyl/N-ethyl adjacent to an activating group) is 1. The van der Waals surface area contributed by atoms with Gasteiger partial charge in [-0.25, -0.2) is 0 Å². The minimum absolute atomic E-state index is 0.0421. The normalized spacial score (nSPS) is 19.9. The summed E-state index contributed by atoms with van der Waals surface area (Å²) in [6.07, 6.45) is 3.75. The van der Waals surface area contributed by atoms with Crippen LogP contribution in [0.5, 0.6) is 0 Å². The van der Waals surface area contributed by atoms with E-state index >= 15 is 0 Å². The first-order valence-corrected chi connectivity index (χ1v) is 6.28. The van der Waals surface area contributed by atoms with Gasteiger partial charge in [-0.05, 0) is 58.9 Å². The van der Waals surface area contributed by atoms with Gasteiger partial charge in [0.2, 0.25) is 0 Å². The highest BCUT2D eigenvalue weighted by atomic mass is 16.3. The van der Waals surface area contributed by atoms with Gasteiger partial charge in [-0.15, -0.1) is 0 Å². The van der Waals surface area contributed by atoms with Gasteiger partial charge >= 0.3 is 0 Å². The van der Waals surface area contributed by atoms with Crippen LogP contribution in [0.25, 0.3) is 0 Å². The summed E-state index contributed by atoms with van der Waals surface area (Å²) in [7, 11) is 4.15. The molecule has 0 radical (unpaired) electrons. The predicted octanol–water partition coefficient (Wildman–Crippen LogP) is 0.00330. The maximum absolute atomic E-state index is 9.06. The van der Waals surface area contributed by atoms with Gasteiger partial charge in [-0.1, -0.05) is 0 Å². The van der Waals surface area contributed by atoms with Crippen molar-refractivity contribution in [3.05, 3.63) is 0 Å². The highest BCUT2D eigenvalue weighted by molar-refractivity contribution is 4.73. The van der Waals surface area contributed by atoms with E-state index in [1.165, 1.54) is 32.4 Å². The number of hydrogen-bond donors (Lipinski definition) is 2. The standard InChI is InChI=1S/C12H26N2O2/c1-13-6-3-11(4-7-13)5-8-14(2)12(9-15)10-16/h11-12,15-16H,3-10H2,1-2H3. The van der Waals surface area contributed by atoms with E-state index in [9.17, 15) is 0 Å². The summed E-state index contributed by atoms with van der Waals surface area (Å²) in [4.78, 5) is 4.45. The average Bonchev–Trinajstić information content (AvgIpc) is 2.30. The number of rotatable bonds is 6. The van der Waals surface area contributed by atoms with E-state index in [0.29, 0.717) is 0 Å². The summed E-state index contributed by atoms with van der Waals surface area (Å²) in [6, 6.07) is -0.0914. The highest BCUT2D eigenvalue weighted by Crippen LogP contribution is 2.19. The molecule has 0 amide bonds. The van der Waals surface area contributed by atoms with Gasteiger partial charge in [-0.2, -0.15) is 0 Å². The second-order valence-electron chi connectivity index (χ2n) is 5.03. The van der Waals surface area contributed by atoms with Crippen LogP contribution in [0.2, 0.25) is 0 Å². The maximum atomic E-state index is 9.06. The largest absolute Gasteiger partial charge is 0.395 e. The highest BCUT2D eigenvalue weighted by Gasteiger charge is 2.18. The second kappa shape index (κ2) is 7.22. The van der Waals surface area contributed by atoms with Crippen molar-refractivity contribution >= 4 is 0 Å². The lowest BCUT2D eigenvalue weighted by Crippen LogP contribution is -2.39. The minimum atomic E-state index is -0.0914. The average molecular weight is 230 g/mol. The molecule has 0 aliphatic carbocycles. The zero-order valence-corrected chi connectivity index (χ0v) is 10.6. The van der Waals surface area contributed by atoms with Crippen molar-refractivity contribution in [2.75, 3.05) is 46.9 Å². The van der Waals surface area contributed by atoms with E-state index in [1.54, 1.807) is 0 Å². The lowest BCUT2D eigenvalue weighted by atomic mass is 9.93. The molecule has 4 heteroatoms. The third-order valence-electron chi connectivity index (χ3n) is 3.77. The molecule has 1 fully saturated rings. The van der Waals surface area contributed by atoms with E-state index in [-0.39, 0.29) is 19.3 Å². The Morgan fingerprint density at radius 2 is 1.81 bits per heavy atom. The first kappa shape index (κ1) is 13.9. The zero-order chi connectivity index (χ0) is 12.0. The molecular weight excluding hydrogens is 204 g/mol. The number of hydrogen-bond acceptors (Lipinski definition) is 4. The molecule has 1 saturated heterocycles. The van der Waals surface area contributed by atoms with Crippen LogP contribution in [0.1, 0.15) is 19.3 Å². The minimum Gasteiger partial charge on any atom is -0.395 e. The first-order chi connectivity index (χ1) is 7.67. The van der Waals surface area contributed by atoms with Crippen LogP contribution in [0.3, 0.4) is 0 Å². The lowest BCUT2D eigenvalue weighted by molar-refractivity contribution is 0.0842. The third-order valence-corrected chi connectivity index (χ3v) is 3.77. The quantitative estimate of drug-likeness (QED) is 0.674. The van der Waals surface area contributed by atoms with Crippen molar-refractivity contribution in [2.24, 2.45) is 5.92 Å². The summed E-state index contributed by atoms with van der Waals surface area (Å²) in [5, 5.41) is 18.1. The van der Waals surface area contributed by atoms with Crippen molar-refractivity contribution < 1.29 is 10.2 Å². The Morgan fingerprint density at radius 1 is 1.25 bits per heavy atom. The van der Waals surface area contributed by atoms with Gasteiger partial charge in [0.15, 0.2) is 0 Å². The number of nitrogens with zero attached hydrogens (tertiary/aromatic N) is 2. The van der Waals surface area contributed by atoms with E-state index in [2.05, 4.69) is 16.8 Å². The summed E-state index contributed by atoms with van der Waals surface area (Å²) >= 11 is 0. The summed E-state index contributed by atoms with van der Waals surface area (Å²) in [5.74, 6) is 0.816. The van der Waals surface area contributed by atoms with Gasteiger partial charge in [0.1, 0.15) is 0 Å². The van der Waals surface area contributed by atoms with Crippen LogP contribution in [0.4, 0.5) is 0 Å². The monoisotopic (exact) mass is 230 g/mol.